The highest BCUT2D eigenvalue weighted by atomic mass is 16.5. The summed E-state index contributed by atoms with van der Waals surface area (Å²) in [6, 6.07) is 20.0. The number of ether oxygens (including phenoxy) is 2. The number of piperidine rings is 1. The molecule has 0 spiro atoms. The van der Waals surface area contributed by atoms with Crippen LogP contribution in [0.15, 0.2) is 66.7 Å². The van der Waals surface area contributed by atoms with Crippen LogP contribution in [0.25, 0.3) is 0 Å². The Hall–Kier alpha value is -4.33. The maximum Gasteiger partial charge on any atom is 0.258 e. The lowest BCUT2D eigenvalue weighted by Crippen LogP contribution is -2.58. The monoisotopic (exact) mass is 555 g/mol. The van der Waals surface area contributed by atoms with Gasteiger partial charge in [-0.2, -0.15) is 0 Å². The molecule has 6 rings (SSSR count). The van der Waals surface area contributed by atoms with Crippen molar-refractivity contribution in [1.29, 1.82) is 0 Å². The predicted molar refractivity (Wildman–Crippen MR) is 156 cm³/mol. The number of amides is 3. The first-order valence-corrected chi connectivity index (χ1v) is 14.0. The van der Waals surface area contributed by atoms with Crippen LogP contribution in [-0.2, 0) is 16.8 Å². The van der Waals surface area contributed by atoms with Gasteiger partial charge in [0, 0.05) is 37.2 Å². The van der Waals surface area contributed by atoms with Gasteiger partial charge in [-0.3, -0.25) is 14.4 Å². The Kier molecular flexibility index (Phi) is 8.01. The number of nitrogens with one attached hydrogen (secondary N) is 2. The molecular weight excluding hydrogens is 518 g/mol. The summed E-state index contributed by atoms with van der Waals surface area (Å²) in [6.07, 6.45) is 0.213. The van der Waals surface area contributed by atoms with Crippen molar-refractivity contribution in [2.75, 3.05) is 19.7 Å². The fraction of sp³-hybridized carbons (Fsp3) is 0.364. The van der Waals surface area contributed by atoms with Crippen molar-refractivity contribution in [3.63, 3.8) is 0 Å². The second-order valence-corrected chi connectivity index (χ2v) is 11.8. The maximum absolute atomic E-state index is 13.5. The Bertz CT molecular complexity index is 1430. The molecule has 0 aliphatic carbocycles. The molecule has 3 aliphatic rings. The summed E-state index contributed by atoms with van der Waals surface area (Å²) >= 11 is 0. The van der Waals surface area contributed by atoms with Gasteiger partial charge in [0.25, 0.3) is 17.7 Å². The van der Waals surface area contributed by atoms with Gasteiger partial charge in [-0.15, -0.1) is 0 Å². The second-order valence-electron chi connectivity index (χ2n) is 11.8. The highest BCUT2D eigenvalue weighted by molar-refractivity contribution is 5.96. The van der Waals surface area contributed by atoms with Crippen LogP contribution in [0.3, 0.4) is 0 Å². The molecule has 1 fully saturated rings. The molecule has 2 N–H and O–H groups in total. The topological polar surface area (TPSA) is 97.0 Å². The lowest BCUT2D eigenvalue weighted by atomic mass is 9.86. The first-order valence-electron chi connectivity index (χ1n) is 14.0. The van der Waals surface area contributed by atoms with Crippen LogP contribution < -0.4 is 20.1 Å². The van der Waals surface area contributed by atoms with E-state index in [-0.39, 0.29) is 35.8 Å². The van der Waals surface area contributed by atoms with E-state index in [4.69, 9.17) is 9.47 Å². The average molecular weight is 556 g/mol. The molecule has 0 aromatic heterocycles. The lowest BCUT2D eigenvalue weighted by Gasteiger charge is -2.39. The smallest absolute Gasteiger partial charge is 0.258 e. The highest BCUT2D eigenvalue weighted by Crippen LogP contribution is 2.25. The SMILES string of the molecule is Cc1ccc2cc1OCC(=O)NCc1ccc(cc1)O[C@H]1CCN(C(=O)c3ccc(C(C)(C)C)cc3)C[C@@H]1NC2=O. The summed E-state index contributed by atoms with van der Waals surface area (Å²) in [4.78, 5) is 41.1. The molecule has 214 valence electrons. The van der Waals surface area contributed by atoms with E-state index in [0.717, 1.165) is 16.7 Å². The maximum atomic E-state index is 13.5. The Morgan fingerprint density at radius 3 is 2.41 bits per heavy atom. The van der Waals surface area contributed by atoms with E-state index in [0.29, 0.717) is 48.7 Å². The van der Waals surface area contributed by atoms with Crippen molar-refractivity contribution in [3.05, 3.63) is 94.5 Å². The summed E-state index contributed by atoms with van der Waals surface area (Å²) < 4.78 is 12.1. The third-order valence-corrected chi connectivity index (χ3v) is 7.66. The van der Waals surface area contributed by atoms with Gasteiger partial charge >= 0.3 is 0 Å². The number of fused-ring (bicyclic) bond motifs is 7. The van der Waals surface area contributed by atoms with Crippen LogP contribution in [0.2, 0.25) is 0 Å². The number of nitrogens with zero attached hydrogens (tertiary/aromatic N) is 1. The van der Waals surface area contributed by atoms with Crippen molar-refractivity contribution in [2.24, 2.45) is 0 Å². The van der Waals surface area contributed by atoms with Crippen molar-refractivity contribution >= 4 is 17.7 Å². The molecule has 1 saturated heterocycles. The van der Waals surface area contributed by atoms with Gasteiger partial charge in [-0.25, -0.2) is 0 Å². The minimum Gasteiger partial charge on any atom is -0.488 e. The van der Waals surface area contributed by atoms with Crippen LogP contribution in [-0.4, -0.2) is 54.5 Å². The molecule has 3 aromatic carbocycles. The number of carbonyl (C=O) groups excluding carboxylic acids is 3. The van der Waals surface area contributed by atoms with Crippen molar-refractivity contribution in [1.82, 2.24) is 15.5 Å². The zero-order valence-corrected chi connectivity index (χ0v) is 24.0. The summed E-state index contributed by atoms with van der Waals surface area (Å²) in [5.74, 6) is 0.489. The molecule has 3 heterocycles. The van der Waals surface area contributed by atoms with Crippen LogP contribution in [0.4, 0.5) is 0 Å². The number of benzene rings is 3. The molecule has 0 radical (unpaired) electrons. The summed E-state index contributed by atoms with van der Waals surface area (Å²) in [5.41, 5.74) is 3.92. The molecule has 3 amide bonds. The summed E-state index contributed by atoms with van der Waals surface area (Å²) in [7, 11) is 0. The first kappa shape index (κ1) is 28.2. The Labute approximate surface area is 241 Å². The fourth-order valence-electron chi connectivity index (χ4n) is 5.09. The second kappa shape index (κ2) is 11.6. The van der Waals surface area contributed by atoms with Gasteiger partial charge in [-0.05, 0) is 65.4 Å². The number of hydrogen-bond donors (Lipinski definition) is 2. The molecular formula is C33H37N3O5. The number of rotatable bonds is 1. The third-order valence-electron chi connectivity index (χ3n) is 7.66. The summed E-state index contributed by atoms with van der Waals surface area (Å²) in [5, 5.41) is 5.97. The van der Waals surface area contributed by atoms with E-state index in [1.807, 2.05) is 55.5 Å². The average Bonchev–Trinajstić information content (AvgIpc) is 2.96. The normalized spacial score (nSPS) is 19.7. The van der Waals surface area contributed by atoms with Crippen LogP contribution in [0.1, 0.15) is 64.6 Å². The summed E-state index contributed by atoms with van der Waals surface area (Å²) in [6.45, 7) is 9.30. The molecule has 4 bridgehead atoms. The zero-order valence-electron chi connectivity index (χ0n) is 24.0. The van der Waals surface area contributed by atoms with Crippen LogP contribution in [0, 0.1) is 6.92 Å². The molecule has 41 heavy (non-hydrogen) atoms. The van der Waals surface area contributed by atoms with E-state index < -0.39 is 6.04 Å². The standard InChI is InChI=1S/C33H37N3O5/c1-21-5-8-24-17-29(21)40-20-30(37)34-18-22-6-13-26(14-7-22)41-28-15-16-36(19-27(28)35-31(24)38)32(39)23-9-11-25(12-10-23)33(2,3)4/h5-14,17,27-28H,15-16,18-20H2,1-4H3,(H,34,37)(H,35,38)/t27-,28-/m0/s1. The third kappa shape index (κ3) is 6.70. The van der Waals surface area contributed by atoms with Crippen molar-refractivity contribution in [2.45, 2.75) is 58.2 Å². The predicted octanol–water partition coefficient (Wildman–Crippen LogP) is 4.39. The fourth-order valence-corrected chi connectivity index (χ4v) is 5.09. The highest BCUT2D eigenvalue weighted by Gasteiger charge is 2.35. The van der Waals surface area contributed by atoms with Gasteiger partial charge in [0.2, 0.25) is 0 Å². The Balaban J connectivity index is 1.41. The minimum absolute atomic E-state index is 0.00445. The largest absolute Gasteiger partial charge is 0.488 e. The number of aryl methyl sites for hydroxylation is 1. The van der Waals surface area contributed by atoms with E-state index in [1.54, 1.807) is 23.1 Å². The van der Waals surface area contributed by atoms with Gasteiger partial charge in [0.1, 0.15) is 17.6 Å². The zero-order chi connectivity index (χ0) is 29.1. The number of carbonyl (C=O) groups is 3. The molecule has 0 saturated carbocycles. The van der Waals surface area contributed by atoms with E-state index in [9.17, 15) is 14.4 Å². The molecule has 0 unspecified atom stereocenters. The molecule has 8 nitrogen and oxygen atoms in total. The van der Waals surface area contributed by atoms with Gasteiger partial charge < -0.3 is 25.0 Å². The molecule has 3 aromatic rings. The first-order chi connectivity index (χ1) is 19.6. The van der Waals surface area contributed by atoms with E-state index >= 15 is 0 Å². The molecule has 8 heteroatoms. The van der Waals surface area contributed by atoms with Crippen LogP contribution in [0.5, 0.6) is 11.5 Å². The van der Waals surface area contributed by atoms with E-state index in [2.05, 4.69) is 31.4 Å². The van der Waals surface area contributed by atoms with Gasteiger partial charge in [-0.1, -0.05) is 51.1 Å². The lowest BCUT2D eigenvalue weighted by molar-refractivity contribution is -0.123. The Morgan fingerprint density at radius 1 is 0.976 bits per heavy atom. The van der Waals surface area contributed by atoms with Crippen LogP contribution >= 0.6 is 0 Å². The van der Waals surface area contributed by atoms with Crippen molar-refractivity contribution < 1.29 is 23.9 Å². The molecule has 3 aliphatic heterocycles. The molecule has 2 atom stereocenters. The van der Waals surface area contributed by atoms with Gasteiger partial charge in [0.05, 0.1) is 6.04 Å². The minimum atomic E-state index is -0.446. The van der Waals surface area contributed by atoms with Gasteiger partial charge in [0.15, 0.2) is 6.61 Å². The Morgan fingerprint density at radius 2 is 1.71 bits per heavy atom. The number of likely N-dealkylation sites (tertiary alicyclic amines) is 1. The van der Waals surface area contributed by atoms with Crippen molar-refractivity contribution in [3.8, 4) is 11.5 Å². The quantitative estimate of drug-likeness (QED) is 0.464. The van der Waals surface area contributed by atoms with E-state index in [1.165, 1.54) is 0 Å². The number of hydrogen-bond acceptors (Lipinski definition) is 5.